The van der Waals surface area contributed by atoms with E-state index in [4.69, 9.17) is 9.47 Å². The highest BCUT2D eigenvalue weighted by Crippen LogP contribution is 2.35. The van der Waals surface area contributed by atoms with Crippen LogP contribution in [0.15, 0.2) is 72.6 Å². The summed E-state index contributed by atoms with van der Waals surface area (Å²) in [6.07, 6.45) is 2.66. The van der Waals surface area contributed by atoms with Gasteiger partial charge in [-0.25, -0.2) is 23.2 Å². The third-order valence-corrected chi connectivity index (χ3v) is 6.54. The largest absolute Gasteiger partial charge is 0.490 e. The van der Waals surface area contributed by atoms with Crippen molar-refractivity contribution in [1.29, 1.82) is 0 Å². The molecule has 0 amide bonds. The van der Waals surface area contributed by atoms with Gasteiger partial charge in [0.1, 0.15) is 48.9 Å². The molecule has 0 saturated heterocycles. The molecule has 0 aliphatic carbocycles. The molecule has 0 saturated carbocycles. The van der Waals surface area contributed by atoms with Crippen LogP contribution in [0.4, 0.5) is 8.78 Å². The molecule has 7 nitrogen and oxygen atoms in total. The van der Waals surface area contributed by atoms with Crippen LogP contribution in [0.2, 0.25) is 0 Å². The van der Waals surface area contributed by atoms with E-state index in [1.54, 1.807) is 24.3 Å². The number of ether oxygens (including phenoxy) is 2. The zero-order chi connectivity index (χ0) is 24.4. The second kappa shape index (κ2) is 9.40. The number of halogens is 2. The summed E-state index contributed by atoms with van der Waals surface area (Å²) in [4.78, 5) is 17.2. The summed E-state index contributed by atoms with van der Waals surface area (Å²) in [5.74, 6) is -1.67. The van der Waals surface area contributed by atoms with E-state index in [2.05, 4.69) is 10.1 Å². The molecule has 35 heavy (non-hydrogen) atoms. The predicted molar refractivity (Wildman–Crippen MR) is 124 cm³/mol. The summed E-state index contributed by atoms with van der Waals surface area (Å²) in [5, 5.41) is 17.2. The predicted octanol–water partition coefficient (Wildman–Crippen LogP) is 4.05. The van der Waals surface area contributed by atoms with Crippen molar-refractivity contribution in [2.24, 2.45) is 0 Å². The van der Waals surface area contributed by atoms with Gasteiger partial charge in [0.05, 0.1) is 12.1 Å². The summed E-state index contributed by atoms with van der Waals surface area (Å²) in [6, 6.07) is 13.5. The van der Waals surface area contributed by atoms with E-state index in [9.17, 15) is 18.7 Å². The van der Waals surface area contributed by atoms with Gasteiger partial charge in [0.2, 0.25) is 0 Å². The van der Waals surface area contributed by atoms with Crippen LogP contribution in [-0.2, 0) is 21.7 Å². The lowest BCUT2D eigenvalue weighted by Gasteiger charge is -2.29. The average Bonchev–Trinajstić information content (AvgIpc) is 3.60. The first-order chi connectivity index (χ1) is 16.9. The first kappa shape index (κ1) is 22.9. The molecule has 2 aromatic carbocycles. The summed E-state index contributed by atoms with van der Waals surface area (Å²) >= 11 is 1.53. The number of cyclic esters (lactones) is 1. The highest BCUT2D eigenvalue weighted by atomic mass is 32.1. The van der Waals surface area contributed by atoms with Crippen LogP contribution >= 0.6 is 11.3 Å². The van der Waals surface area contributed by atoms with Gasteiger partial charge in [0.15, 0.2) is 0 Å². The molecule has 0 bridgehead atoms. The van der Waals surface area contributed by atoms with Crippen LogP contribution in [0.5, 0.6) is 5.75 Å². The van der Waals surface area contributed by atoms with Crippen molar-refractivity contribution in [3.8, 4) is 5.75 Å². The fourth-order valence-electron chi connectivity index (χ4n) is 3.92. The first-order valence-electron chi connectivity index (χ1n) is 10.6. The van der Waals surface area contributed by atoms with Crippen LogP contribution in [0, 0.1) is 11.6 Å². The van der Waals surface area contributed by atoms with Crippen LogP contribution in [-0.4, -0.2) is 39.1 Å². The van der Waals surface area contributed by atoms with Gasteiger partial charge in [0, 0.05) is 22.1 Å². The second-order valence-corrected chi connectivity index (χ2v) is 8.92. The Bertz CT molecular complexity index is 1370. The van der Waals surface area contributed by atoms with Crippen molar-refractivity contribution in [3.63, 3.8) is 0 Å². The lowest BCUT2D eigenvalue weighted by atomic mass is 9.94. The van der Waals surface area contributed by atoms with Crippen molar-refractivity contribution in [2.45, 2.75) is 12.1 Å². The second-order valence-electron chi connectivity index (χ2n) is 7.97. The molecule has 1 aliphatic heterocycles. The van der Waals surface area contributed by atoms with E-state index in [0.29, 0.717) is 23.0 Å². The smallest absolute Gasteiger partial charge is 0.339 e. The maximum atomic E-state index is 14.6. The van der Waals surface area contributed by atoms with Crippen molar-refractivity contribution in [1.82, 2.24) is 14.8 Å². The van der Waals surface area contributed by atoms with E-state index in [-0.39, 0.29) is 25.3 Å². The molecule has 4 aromatic rings. The molecule has 0 spiro atoms. The third kappa shape index (κ3) is 4.71. The number of hydrogen-bond acceptors (Lipinski definition) is 7. The highest BCUT2D eigenvalue weighted by molar-refractivity contribution is 7.11. The topological polar surface area (TPSA) is 86.5 Å². The van der Waals surface area contributed by atoms with Crippen LogP contribution in [0.25, 0.3) is 11.1 Å². The van der Waals surface area contributed by atoms with E-state index in [1.807, 2.05) is 17.5 Å². The quantitative estimate of drug-likeness (QED) is 0.371. The van der Waals surface area contributed by atoms with E-state index >= 15 is 0 Å². The lowest BCUT2D eigenvalue weighted by Crippen LogP contribution is -2.39. The lowest BCUT2D eigenvalue weighted by molar-refractivity contribution is -0.133. The van der Waals surface area contributed by atoms with Gasteiger partial charge in [-0.3, -0.25) is 0 Å². The fourth-order valence-corrected chi connectivity index (χ4v) is 4.68. The van der Waals surface area contributed by atoms with Crippen molar-refractivity contribution in [3.05, 3.63) is 100 Å². The average molecular weight is 496 g/mol. The molecule has 1 atom stereocenters. The number of benzene rings is 2. The minimum Gasteiger partial charge on any atom is -0.490 e. The molecule has 1 unspecified atom stereocenters. The van der Waals surface area contributed by atoms with E-state index < -0.39 is 23.2 Å². The third-order valence-electron chi connectivity index (χ3n) is 5.62. The van der Waals surface area contributed by atoms with Crippen molar-refractivity contribution >= 4 is 28.5 Å². The summed E-state index contributed by atoms with van der Waals surface area (Å²) in [6.45, 7) is -0.304. The number of hydrogen-bond donors (Lipinski definition) is 1. The Morgan fingerprint density at radius 3 is 2.69 bits per heavy atom. The number of carbonyl (C=O) groups is 1. The van der Waals surface area contributed by atoms with Gasteiger partial charge in [-0.1, -0.05) is 24.3 Å². The Kier molecular flexibility index (Phi) is 6.14. The Balaban J connectivity index is 1.39. The molecule has 1 aliphatic rings. The number of aromatic nitrogens is 3. The van der Waals surface area contributed by atoms with Crippen molar-refractivity contribution in [2.75, 3.05) is 13.2 Å². The van der Waals surface area contributed by atoms with Gasteiger partial charge in [-0.05, 0) is 35.2 Å². The SMILES string of the molecule is O=C1OCC(c2cccs2)=C1c1ccc(OCC(O)(Cn2cncn2)c2ccc(F)cc2F)cc1. The Morgan fingerprint density at radius 2 is 2.00 bits per heavy atom. The number of aliphatic hydroxyl groups is 1. The number of thiophene rings is 1. The van der Waals surface area contributed by atoms with Gasteiger partial charge >= 0.3 is 5.97 Å². The van der Waals surface area contributed by atoms with E-state index in [0.717, 1.165) is 16.5 Å². The summed E-state index contributed by atoms with van der Waals surface area (Å²) in [5.41, 5.74) is -0.00669. The minimum atomic E-state index is -1.87. The Labute approximate surface area is 202 Å². The molecular weight excluding hydrogens is 476 g/mol. The molecule has 1 N–H and O–H groups in total. The maximum absolute atomic E-state index is 14.6. The molecular formula is C25H19F2N3O4S. The van der Waals surface area contributed by atoms with Gasteiger partial charge in [-0.15, -0.1) is 11.3 Å². The van der Waals surface area contributed by atoms with E-state index in [1.165, 1.54) is 34.7 Å². The molecule has 0 fully saturated rings. The fraction of sp³-hybridized carbons (Fsp3) is 0.160. The highest BCUT2D eigenvalue weighted by Gasteiger charge is 2.35. The maximum Gasteiger partial charge on any atom is 0.339 e. The van der Waals surface area contributed by atoms with Gasteiger partial charge < -0.3 is 14.6 Å². The minimum absolute atomic E-state index is 0.134. The normalized spacial score (nSPS) is 15.2. The molecule has 2 aromatic heterocycles. The van der Waals surface area contributed by atoms with Crippen LogP contribution in [0.3, 0.4) is 0 Å². The number of esters is 1. The Hall–Kier alpha value is -3.89. The number of rotatable bonds is 8. The zero-order valence-corrected chi connectivity index (χ0v) is 19.0. The standard InChI is InChI=1S/C25H19F2N3O4S/c26-17-5-8-20(21(27)10-17)25(32,12-30-15-28-14-29-30)13-34-18-6-3-16(4-7-18)23-19(11-33-24(23)31)22-2-1-9-35-22/h1-10,14-15,32H,11-13H2. The monoisotopic (exact) mass is 495 g/mol. The van der Waals surface area contributed by atoms with Crippen LogP contribution < -0.4 is 4.74 Å². The molecule has 10 heteroatoms. The van der Waals surface area contributed by atoms with Gasteiger partial charge in [0.25, 0.3) is 0 Å². The van der Waals surface area contributed by atoms with Crippen LogP contribution in [0.1, 0.15) is 16.0 Å². The summed E-state index contributed by atoms with van der Waals surface area (Å²) < 4.78 is 40.4. The Morgan fingerprint density at radius 1 is 1.17 bits per heavy atom. The molecule has 3 heterocycles. The number of carbonyl (C=O) groups excluding carboxylic acids is 1. The van der Waals surface area contributed by atoms with Gasteiger partial charge in [-0.2, -0.15) is 5.10 Å². The summed E-state index contributed by atoms with van der Waals surface area (Å²) in [7, 11) is 0. The molecule has 0 radical (unpaired) electrons. The zero-order valence-electron chi connectivity index (χ0n) is 18.2. The first-order valence-corrected chi connectivity index (χ1v) is 11.5. The van der Waals surface area contributed by atoms with Crippen molar-refractivity contribution < 1.29 is 28.2 Å². The molecule has 5 rings (SSSR count). The number of nitrogens with zero attached hydrogens (tertiary/aromatic N) is 3. The molecule has 178 valence electrons.